The maximum atomic E-state index is 8.79. The van der Waals surface area contributed by atoms with E-state index in [2.05, 4.69) is 6.92 Å². The van der Waals surface area contributed by atoms with Gasteiger partial charge in [-0.05, 0) is 19.3 Å². The topological polar surface area (TPSA) is 86.7 Å². The monoisotopic (exact) mass is 235 g/mol. The Labute approximate surface area is 93.5 Å². The lowest BCUT2D eigenvalue weighted by Gasteiger charge is -2.13. The van der Waals surface area contributed by atoms with Gasteiger partial charge < -0.3 is 20.1 Å². The summed E-state index contributed by atoms with van der Waals surface area (Å²) in [5, 5.41) is 0. The highest BCUT2D eigenvalue weighted by Crippen LogP contribution is 2.11. The van der Waals surface area contributed by atoms with Gasteiger partial charge in [0.15, 0.2) is 0 Å². The third kappa shape index (κ3) is 12.0. The van der Waals surface area contributed by atoms with Crippen LogP contribution in [0.3, 0.4) is 0 Å². The molecule has 0 fully saturated rings. The highest BCUT2D eigenvalue weighted by atomic mass is 28.4. The first-order valence-corrected chi connectivity index (χ1v) is 7.93. The van der Waals surface area contributed by atoms with Gasteiger partial charge in [0.25, 0.3) is 0 Å². The fourth-order valence-corrected chi connectivity index (χ4v) is 2.26. The molecule has 0 spiro atoms. The molecule has 0 amide bonds. The van der Waals surface area contributed by atoms with E-state index in [0.29, 0.717) is 6.42 Å². The zero-order valence-corrected chi connectivity index (χ0v) is 10.7. The molecule has 4 nitrogen and oxygen atoms in total. The molecule has 15 heavy (non-hydrogen) atoms. The van der Waals surface area contributed by atoms with Gasteiger partial charge in [0.1, 0.15) is 0 Å². The van der Waals surface area contributed by atoms with E-state index in [9.17, 15) is 0 Å². The second kappa shape index (κ2) is 8.24. The number of unbranched alkanes of at least 4 members (excludes halogenated alkanes) is 3. The number of nitrogens with two attached hydrogens (primary N) is 1. The van der Waals surface area contributed by atoms with E-state index in [-0.39, 0.29) is 12.1 Å². The molecule has 0 aromatic rings. The van der Waals surface area contributed by atoms with Crippen molar-refractivity contribution in [1.29, 1.82) is 0 Å². The highest BCUT2D eigenvalue weighted by Gasteiger charge is 2.25. The predicted octanol–water partition coefficient (Wildman–Crippen LogP) is 0.980. The zero-order chi connectivity index (χ0) is 11.7. The van der Waals surface area contributed by atoms with Crippen LogP contribution in [0, 0.1) is 0 Å². The molecule has 5 heteroatoms. The predicted molar refractivity (Wildman–Crippen MR) is 63.2 cm³/mol. The Kier molecular flexibility index (Phi) is 8.27. The molecule has 0 saturated heterocycles. The minimum absolute atomic E-state index is 0.107. The van der Waals surface area contributed by atoms with Gasteiger partial charge in [0.2, 0.25) is 0 Å². The fraction of sp³-hybridized carbons (Fsp3) is 1.00. The summed E-state index contributed by atoms with van der Waals surface area (Å²) in [7, 11) is -3.82. The zero-order valence-electron chi connectivity index (χ0n) is 9.65. The quantitative estimate of drug-likeness (QED) is 0.354. The van der Waals surface area contributed by atoms with Crippen molar-refractivity contribution in [2.24, 2.45) is 5.73 Å². The number of rotatable bonds is 9. The molecule has 1 atom stereocenters. The van der Waals surface area contributed by atoms with Crippen LogP contribution >= 0.6 is 0 Å². The average molecular weight is 235 g/mol. The molecule has 0 aromatic heterocycles. The Bertz CT molecular complexity index is 150. The molecule has 92 valence electrons. The van der Waals surface area contributed by atoms with Crippen molar-refractivity contribution in [2.75, 3.05) is 0 Å². The molecular weight excluding hydrogens is 210 g/mol. The Morgan fingerprint density at radius 1 is 1.00 bits per heavy atom. The summed E-state index contributed by atoms with van der Waals surface area (Å²) >= 11 is 0. The van der Waals surface area contributed by atoms with Gasteiger partial charge in [-0.25, -0.2) is 0 Å². The van der Waals surface area contributed by atoms with Crippen LogP contribution in [0.5, 0.6) is 0 Å². The molecule has 0 bridgehead atoms. The molecular formula is C10H25NO3Si. The summed E-state index contributed by atoms with van der Waals surface area (Å²) in [4.78, 5) is 26.4. The van der Waals surface area contributed by atoms with Crippen molar-refractivity contribution in [3.05, 3.63) is 0 Å². The molecule has 0 aromatic carbocycles. The van der Waals surface area contributed by atoms with Crippen molar-refractivity contribution < 1.29 is 14.4 Å². The van der Waals surface area contributed by atoms with E-state index in [0.717, 1.165) is 19.3 Å². The van der Waals surface area contributed by atoms with Crippen LogP contribution < -0.4 is 5.73 Å². The van der Waals surface area contributed by atoms with Crippen LogP contribution in [0.1, 0.15) is 51.9 Å². The number of hydrogen-bond acceptors (Lipinski definition) is 4. The molecule has 0 aliphatic rings. The van der Waals surface area contributed by atoms with E-state index in [1.807, 2.05) is 0 Å². The van der Waals surface area contributed by atoms with Gasteiger partial charge in [-0.15, -0.1) is 0 Å². The Hall–Kier alpha value is 0.0569. The van der Waals surface area contributed by atoms with Gasteiger partial charge in [-0.1, -0.05) is 32.6 Å². The lowest BCUT2D eigenvalue weighted by molar-refractivity contribution is 0.225. The van der Waals surface area contributed by atoms with Crippen molar-refractivity contribution >= 4 is 8.80 Å². The first-order valence-electron chi connectivity index (χ1n) is 5.88. The van der Waals surface area contributed by atoms with Gasteiger partial charge >= 0.3 is 8.80 Å². The second-order valence-corrected chi connectivity index (χ2v) is 6.32. The summed E-state index contributed by atoms with van der Waals surface area (Å²) < 4.78 is 0. The van der Waals surface area contributed by atoms with Crippen molar-refractivity contribution in [3.63, 3.8) is 0 Å². The second-order valence-electron chi connectivity index (χ2n) is 4.28. The third-order valence-electron chi connectivity index (χ3n) is 2.52. The first-order chi connectivity index (χ1) is 6.95. The average Bonchev–Trinajstić information content (AvgIpc) is 2.10. The Balaban J connectivity index is 3.29. The molecule has 0 radical (unpaired) electrons. The summed E-state index contributed by atoms with van der Waals surface area (Å²) in [5.41, 5.74) is 5.86. The summed E-state index contributed by atoms with van der Waals surface area (Å²) in [6.07, 6.45) is 7.22. The van der Waals surface area contributed by atoms with Gasteiger partial charge in [-0.3, -0.25) is 0 Å². The summed E-state index contributed by atoms with van der Waals surface area (Å²) in [6, 6.07) is 0.244. The molecule has 1 unspecified atom stereocenters. The minimum Gasteiger partial charge on any atom is -0.390 e. The smallest absolute Gasteiger partial charge is 0.390 e. The molecule has 5 N–H and O–H groups in total. The van der Waals surface area contributed by atoms with Crippen LogP contribution in [0.4, 0.5) is 0 Å². The van der Waals surface area contributed by atoms with E-state index in [4.69, 9.17) is 20.1 Å². The minimum atomic E-state index is -3.82. The third-order valence-corrected chi connectivity index (χ3v) is 3.54. The van der Waals surface area contributed by atoms with E-state index in [1.54, 1.807) is 0 Å². The van der Waals surface area contributed by atoms with Crippen LogP contribution in [-0.4, -0.2) is 29.2 Å². The van der Waals surface area contributed by atoms with Gasteiger partial charge in [-0.2, -0.15) is 0 Å². The molecule has 0 saturated carbocycles. The van der Waals surface area contributed by atoms with Crippen molar-refractivity contribution in [3.8, 4) is 0 Å². The highest BCUT2D eigenvalue weighted by molar-refractivity contribution is 6.56. The van der Waals surface area contributed by atoms with Gasteiger partial charge in [0.05, 0.1) is 0 Å². The summed E-state index contributed by atoms with van der Waals surface area (Å²) in [6.45, 7) is 2.17. The first kappa shape index (κ1) is 15.1. The number of hydrogen-bond donors (Lipinski definition) is 4. The normalized spacial score (nSPS) is 14.2. The molecule has 0 heterocycles. The maximum absolute atomic E-state index is 8.79. The van der Waals surface area contributed by atoms with Crippen molar-refractivity contribution in [1.82, 2.24) is 0 Å². The lowest BCUT2D eigenvalue weighted by Crippen LogP contribution is -2.34. The standard InChI is InChI=1S/C10H25NO3Si/c1-2-3-4-5-7-10(11)8-6-9-15(12,13)14/h10,12-14H,2-9,11H2,1H3. The van der Waals surface area contributed by atoms with Crippen LogP contribution in [0.25, 0.3) is 0 Å². The van der Waals surface area contributed by atoms with Crippen molar-refractivity contribution in [2.45, 2.75) is 64.0 Å². The van der Waals surface area contributed by atoms with Crippen LogP contribution in [0.15, 0.2) is 0 Å². The molecule has 0 rings (SSSR count). The lowest BCUT2D eigenvalue weighted by atomic mass is 10.0. The van der Waals surface area contributed by atoms with E-state index < -0.39 is 8.80 Å². The fourth-order valence-electron chi connectivity index (χ4n) is 1.58. The van der Waals surface area contributed by atoms with Crippen LogP contribution in [-0.2, 0) is 0 Å². The van der Waals surface area contributed by atoms with Gasteiger partial charge in [0, 0.05) is 12.1 Å². The molecule has 0 aliphatic carbocycles. The Morgan fingerprint density at radius 3 is 2.13 bits per heavy atom. The molecule has 0 aliphatic heterocycles. The van der Waals surface area contributed by atoms with Crippen LogP contribution in [0.2, 0.25) is 6.04 Å². The Morgan fingerprint density at radius 2 is 1.60 bits per heavy atom. The van der Waals surface area contributed by atoms with E-state index in [1.165, 1.54) is 19.3 Å². The maximum Gasteiger partial charge on any atom is 0.492 e. The van der Waals surface area contributed by atoms with E-state index >= 15 is 0 Å². The summed E-state index contributed by atoms with van der Waals surface area (Å²) in [5.74, 6) is 0. The SMILES string of the molecule is CCCCCCC(N)CCC[Si](O)(O)O. The largest absolute Gasteiger partial charge is 0.492 e.